The number of carbonyl (C=O) groups is 2. The van der Waals surface area contributed by atoms with Crippen molar-refractivity contribution in [2.45, 2.75) is 0 Å². The molecule has 0 unspecified atom stereocenters. The Morgan fingerprint density at radius 3 is 2.58 bits per heavy atom. The van der Waals surface area contributed by atoms with Crippen LogP contribution in [0.1, 0.15) is 10.4 Å². The molecule has 0 spiro atoms. The van der Waals surface area contributed by atoms with E-state index >= 15 is 0 Å². The average Bonchev–Trinajstić information content (AvgIpc) is 2.43. The van der Waals surface area contributed by atoms with Crippen molar-refractivity contribution in [2.75, 3.05) is 13.7 Å². The maximum absolute atomic E-state index is 11.7. The van der Waals surface area contributed by atoms with E-state index in [-0.39, 0.29) is 16.8 Å². The number of nitrogens with zero attached hydrogens (tertiary/aromatic N) is 1. The van der Waals surface area contributed by atoms with Crippen LogP contribution in [-0.4, -0.2) is 30.6 Å². The fraction of sp³-hybridized carbons (Fsp3) is 0.167. The SMILES string of the molecule is C=C(COC(=O)c1ccccc1[N+](=O)[O-])C(=O)OC. The van der Waals surface area contributed by atoms with Crippen molar-refractivity contribution in [1.82, 2.24) is 0 Å². The van der Waals surface area contributed by atoms with Crippen LogP contribution in [0, 0.1) is 10.1 Å². The number of ether oxygens (including phenoxy) is 2. The van der Waals surface area contributed by atoms with Crippen LogP contribution in [-0.2, 0) is 14.3 Å². The van der Waals surface area contributed by atoms with Crippen molar-refractivity contribution < 1.29 is 24.0 Å². The van der Waals surface area contributed by atoms with E-state index in [4.69, 9.17) is 4.74 Å². The molecule has 7 heteroatoms. The summed E-state index contributed by atoms with van der Waals surface area (Å²) in [6, 6.07) is 5.36. The molecule has 0 saturated heterocycles. The molecule has 0 aliphatic rings. The number of hydrogen-bond donors (Lipinski definition) is 0. The second-order valence-corrected chi connectivity index (χ2v) is 3.45. The van der Waals surface area contributed by atoms with Gasteiger partial charge in [-0.2, -0.15) is 0 Å². The lowest BCUT2D eigenvalue weighted by Gasteiger charge is -2.06. The summed E-state index contributed by atoms with van der Waals surface area (Å²) in [6.45, 7) is 2.97. The summed E-state index contributed by atoms with van der Waals surface area (Å²) >= 11 is 0. The van der Waals surface area contributed by atoms with E-state index in [1.54, 1.807) is 0 Å². The first-order chi connectivity index (χ1) is 8.97. The summed E-state index contributed by atoms with van der Waals surface area (Å²) in [6.07, 6.45) is 0. The first-order valence-corrected chi connectivity index (χ1v) is 5.14. The molecule has 1 aromatic carbocycles. The van der Waals surface area contributed by atoms with Gasteiger partial charge in [0.25, 0.3) is 5.69 Å². The van der Waals surface area contributed by atoms with Gasteiger partial charge in [-0.25, -0.2) is 9.59 Å². The Balaban J connectivity index is 2.77. The summed E-state index contributed by atoms with van der Waals surface area (Å²) in [7, 11) is 1.16. The average molecular weight is 265 g/mol. The molecular formula is C12H11NO6. The normalized spacial score (nSPS) is 9.53. The quantitative estimate of drug-likeness (QED) is 0.346. The molecule has 1 rings (SSSR count). The fourth-order valence-corrected chi connectivity index (χ4v) is 1.24. The zero-order valence-corrected chi connectivity index (χ0v) is 10.1. The zero-order valence-electron chi connectivity index (χ0n) is 10.1. The van der Waals surface area contributed by atoms with Crippen LogP contribution in [0.25, 0.3) is 0 Å². The monoisotopic (exact) mass is 265 g/mol. The van der Waals surface area contributed by atoms with Crippen LogP contribution >= 0.6 is 0 Å². The van der Waals surface area contributed by atoms with Gasteiger partial charge in [0, 0.05) is 6.07 Å². The lowest BCUT2D eigenvalue weighted by Crippen LogP contribution is -2.14. The summed E-state index contributed by atoms with van der Waals surface area (Å²) in [5.74, 6) is -1.62. The van der Waals surface area contributed by atoms with Crippen molar-refractivity contribution in [3.05, 3.63) is 52.1 Å². The summed E-state index contributed by atoms with van der Waals surface area (Å²) < 4.78 is 9.13. The third-order valence-electron chi connectivity index (χ3n) is 2.17. The van der Waals surface area contributed by atoms with Gasteiger partial charge in [-0.05, 0) is 6.07 Å². The molecule has 0 bridgehead atoms. The zero-order chi connectivity index (χ0) is 14.4. The number of hydrogen-bond acceptors (Lipinski definition) is 6. The Hall–Kier alpha value is -2.70. The Bertz CT molecular complexity index is 537. The number of carbonyl (C=O) groups excluding carboxylic acids is 2. The molecule has 0 aliphatic heterocycles. The minimum atomic E-state index is -0.905. The van der Waals surface area contributed by atoms with Crippen LogP contribution in [0.3, 0.4) is 0 Å². The smallest absolute Gasteiger partial charge is 0.345 e. The Morgan fingerprint density at radius 1 is 1.37 bits per heavy atom. The van der Waals surface area contributed by atoms with Crippen molar-refractivity contribution in [3.8, 4) is 0 Å². The molecule has 100 valence electrons. The second kappa shape index (κ2) is 6.29. The van der Waals surface area contributed by atoms with E-state index < -0.39 is 23.5 Å². The van der Waals surface area contributed by atoms with Gasteiger partial charge in [-0.3, -0.25) is 10.1 Å². The standard InChI is InChI=1S/C12H11NO6/c1-8(11(14)18-2)7-19-12(15)9-5-3-4-6-10(9)13(16)17/h3-6H,1,7H2,2H3. The topological polar surface area (TPSA) is 95.7 Å². The van der Waals surface area contributed by atoms with Crippen LogP contribution in [0.2, 0.25) is 0 Å². The highest BCUT2D eigenvalue weighted by molar-refractivity contribution is 5.94. The summed E-state index contributed by atoms with van der Waals surface area (Å²) in [4.78, 5) is 32.7. The molecule has 19 heavy (non-hydrogen) atoms. The van der Waals surface area contributed by atoms with Gasteiger partial charge >= 0.3 is 11.9 Å². The van der Waals surface area contributed by atoms with Gasteiger partial charge in [0.05, 0.1) is 17.6 Å². The molecule has 0 aromatic heterocycles. The predicted octanol–water partition coefficient (Wildman–Crippen LogP) is 1.48. The Kier molecular flexibility index (Phi) is 4.76. The molecular weight excluding hydrogens is 254 g/mol. The van der Waals surface area contributed by atoms with Gasteiger partial charge in [0.15, 0.2) is 0 Å². The third-order valence-corrected chi connectivity index (χ3v) is 2.17. The minimum absolute atomic E-state index is 0.0607. The highest BCUT2D eigenvalue weighted by Crippen LogP contribution is 2.18. The molecule has 0 atom stereocenters. The van der Waals surface area contributed by atoms with Crippen molar-refractivity contribution >= 4 is 17.6 Å². The van der Waals surface area contributed by atoms with Gasteiger partial charge in [0.1, 0.15) is 12.2 Å². The van der Waals surface area contributed by atoms with E-state index in [0.717, 1.165) is 7.11 Å². The summed E-state index contributed by atoms with van der Waals surface area (Å²) in [5, 5.41) is 10.7. The molecule has 0 fully saturated rings. The third kappa shape index (κ3) is 3.63. The first-order valence-electron chi connectivity index (χ1n) is 5.14. The van der Waals surface area contributed by atoms with Crippen LogP contribution in [0.15, 0.2) is 36.4 Å². The number of methoxy groups -OCH3 is 1. The number of nitro benzene ring substituents is 1. The summed E-state index contributed by atoms with van der Waals surface area (Å²) in [5.41, 5.74) is -0.615. The molecule has 1 aromatic rings. The van der Waals surface area contributed by atoms with Gasteiger partial charge < -0.3 is 9.47 Å². The van der Waals surface area contributed by atoms with E-state index in [1.807, 2.05) is 0 Å². The lowest BCUT2D eigenvalue weighted by atomic mass is 10.2. The first kappa shape index (κ1) is 14.4. The van der Waals surface area contributed by atoms with E-state index in [2.05, 4.69) is 11.3 Å². The lowest BCUT2D eigenvalue weighted by molar-refractivity contribution is -0.385. The van der Waals surface area contributed by atoms with Crippen LogP contribution < -0.4 is 0 Å². The Morgan fingerprint density at radius 2 is 2.00 bits per heavy atom. The van der Waals surface area contributed by atoms with E-state index in [9.17, 15) is 19.7 Å². The molecule has 0 amide bonds. The highest BCUT2D eigenvalue weighted by Gasteiger charge is 2.21. The van der Waals surface area contributed by atoms with E-state index in [0.29, 0.717) is 0 Å². The predicted molar refractivity (Wildman–Crippen MR) is 64.5 cm³/mol. The number of esters is 2. The van der Waals surface area contributed by atoms with Crippen LogP contribution in [0.5, 0.6) is 0 Å². The second-order valence-electron chi connectivity index (χ2n) is 3.45. The number of para-hydroxylation sites is 1. The van der Waals surface area contributed by atoms with Gasteiger partial charge in [0.2, 0.25) is 0 Å². The maximum atomic E-state index is 11.7. The molecule has 0 N–H and O–H groups in total. The number of rotatable bonds is 5. The van der Waals surface area contributed by atoms with Gasteiger partial charge in [-0.1, -0.05) is 18.7 Å². The largest absolute Gasteiger partial charge is 0.466 e. The molecule has 0 radical (unpaired) electrons. The fourth-order valence-electron chi connectivity index (χ4n) is 1.24. The Labute approximate surface area is 108 Å². The number of nitro groups is 1. The van der Waals surface area contributed by atoms with Crippen molar-refractivity contribution in [2.24, 2.45) is 0 Å². The molecule has 0 heterocycles. The molecule has 0 aliphatic carbocycles. The van der Waals surface area contributed by atoms with Crippen molar-refractivity contribution in [3.63, 3.8) is 0 Å². The number of benzene rings is 1. The van der Waals surface area contributed by atoms with E-state index in [1.165, 1.54) is 24.3 Å². The molecule has 7 nitrogen and oxygen atoms in total. The highest BCUT2D eigenvalue weighted by atomic mass is 16.6. The molecule has 0 saturated carbocycles. The van der Waals surface area contributed by atoms with Gasteiger partial charge in [-0.15, -0.1) is 0 Å². The minimum Gasteiger partial charge on any atom is -0.466 e. The van der Waals surface area contributed by atoms with Crippen molar-refractivity contribution in [1.29, 1.82) is 0 Å². The van der Waals surface area contributed by atoms with Crippen LogP contribution in [0.4, 0.5) is 5.69 Å². The maximum Gasteiger partial charge on any atom is 0.345 e.